The molecule has 4 aromatic rings. The number of amides is 4. The molecule has 4 amide bonds. The molecule has 0 radical (unpaired) electrons. The molecule has 0 fully saturated rings. The second-order valence-electron chi connectivity index (χ2n) is 14.3. The van der Waals surface area contributed by atoms with Crippen molar-refractivity contribution in [2.75, 3.05) is 21.3 Å². The second kappa shape index (κ2) is 13.7. The Bertz CT molecular complexity index is 1890. The standard InChI is InChI=1S/C42H46N2O4S2/c1-11-49-31-19-29-34-33-30(40(46)43(41(47)35(31)33)37-25(21(3)4)15-13-16-26(37)22(5)6)20-32(50-12-2)36(34)42(48)44(39(29)45)38-27(23(7)8)17-14-18-28(38)24(9)10/h13-24H,11-12H2,1-10H3. The van der Waals surface area contributed by atoms with Gasteiger partial charge in [0.1, 0.15) is 0 Å². The first kappa shape index (κ1) is 35.9. The molecule has 0 unspecified atom stereocenters. The first-order chi connectivity index (χ1) is 23.8. The molecule has 50 heavy (non-hydrogen) atoms. The Morgan fingerprint density at radius 1 is 0.500 bits per heavy atom. The lowest BCUT2D eigenvalue weighted by Gasteiger charge is -2.37. The van der Waals surface area contributed by atoms with Gasteiger partial charge in [-0.1, -0.05) is 106 Å². The number of carbonyl (C=O) groups is 4. The Balaban J connectivity index is 1.72. The van der Waals surface area contributed by atoms with E-state index in [-0.39, 0.29) is 23.7 Å². The third-order valence-corrected chi connectivity index (χ3v) is 11.6. The summed E-state index contributed by atoms with van der Waals surface area (Å²) in [4.78, 5) is 63.8. The first-order valence-corrected chi connectivity index (χ1v) is 19.7. The average Bonchev–Trinajstić information content (AvgIpc) is 3.06. The van der Waals surface area contributed by atoms with Gasteiger partial charge in [0, 0.05) is 20.6 Å². The molecule has 2 heterocycles. The number of nitrogens with zero attached hydrogens (tertiary/aromatic N) is 2. The fourth-order valence-electron chi connectivity index (χ4n) is 7.48. The van der Waals surface area contributed by atoms with Crippen molar-refractivity contribution in [3.63, 3.8) is 0 Å². The zero-order valence-corrected chi connectivity index (χ0v) is 32.3. The summed E-state index contributed by atoms with van der Waals surface area (Å²) in [6, 6.07) is 15.6. The van der Waals surface area contributed by atoms with Crippen molar-refractivity contribution in [2.24, 2.45) is 0 Å². The van der Waals surface area contributed by atoms with E-state index in [2.05, 4.69) is 55.4 Å². The van der Waals surface area contributed by atoms with Crippen molar-refractivity contribution in [3.05, 3.63) is 93.0 Å². The highest BCUT2D eigenvalue weighted by Gasteiger charge is 2.45. The van der Waals surface area contributed by atoms with Crippen LogP contribution in [0, 0.1) is 0 Å². The molecule has 0 saturated heterocycles. The number of hydrogen-bond donors (Lipinski definition) is 0. The lowest BCUT2D eigenvalue weighted by molar-refractivity contribution is 0.0869. The van der Waals surface area contributed by atoms with Crippen molar-refractivity contribution in [3.8, 4) is 0 Å². The Morgan fingerprint density at radius 2 is 0.800 bits per heavy atom. The van der Waals surface area contributed by atoms with Crippen molar-refractivity contribution in [1.82, 2.24) is 0 Å². The molecule has 4 aromatic carbocycles. The minimum Gasteiger partial charge on any atom is -0.268 e. The molecule has 0 atom stereocenters. The van der Waals surface area contributed by atoms with Gasteiger partial charge in [0.2, 0.25) is 0 Å². The Kier molecular flexibility index (Phi) is 9.83. The summed E-state index contributed by atoms with van der Waals surface area (Å²) in [6.07, 6.45) is 0. The summed E-state index contributed by atoms with van der Waals surface area (Å²) in [7, 11) is 0. The van der Waals surface area contributed by atoms with Crippen LogP contribution in [0.4, 0.5) is 11.4 Å². The van der Waals surface area contributed by atoms with Gasteiger partial charge in [0.15, 0.2) is 0 Å². The summed E-state index contributed by atoms with van der Waals surface area (Å²) in [6.45, 7) is 20.6. The lowest BCUT2D eigenvalue weighted by Crippen LogP contribution is -2.45. The van der Waals surface area contributed by atoms with Crippen molar-refractivity contribution >= 4 is 69.3 Å². The van der Waals surface area contributed by atoms with E-state index in [1.54, 1.807) is 12.1 Å². The number of thioether (sulfide) groups is 2. The molecule has 0 bridgehead atoms. The smallest absolute Gasteiger partial charge is 0.267 e. The van der Waals surface area contributed by atoms with E-state index in [4.69, 9.17) is 0 Å². The molecular formula is C42H46N2O4S2. The highest BCUT2D eigenvalue weighted by Crippen LogP contribution is 2.49. The van der Waals surface area contributed by atoms with E-state index in [1.165, 1.54) is 33.3 Å². The summed E-state index contributed by atoms with van der Waals surface area (Å²) >= 11 is 2.95. The maximum Gasteiger partial charge on any atom is 0.267 e. The van der Waals surface area contributed by atoms with Crippen LogP contribution in [0.3, 0.4) is 0 Å². The molecule has 0 N–H and O–H groups in total. The monoisotopic (exact) mass is 706 g/mol. The van der Waals surface area contributed by atoms with Crippen LogP contribution in [0.5, 0.6) is 0 Å². The zero-order chi connectivity index (χ0) is 36.3. The van der Waals surface area contributed by atoms with Gasteiger partial charge in [-0.2, -0.15) is 0 Å². The molecule has 0 saturated carbocycles. The summed E-state index contributed by atoms with van der Waals surface area (Å²) in [5, 5.41) is 0.826. The molecule has 260 valence electrons. The van der Waals surface area contributed by atoms with Crippen molar-refractivity contribution in [1.29, 1.82) is 0 Å². The third kappa shape index (κ3) is 5.50. The maximum atomic E-state index is 15.0. The quantitative estimate of drug-likeness (QED) is 0.121. The molecule has 2 aliphatic heterocycles. The molecule has 8 heteroatoms. The SMILES string of the molecule is CCSc1cc2c3c(c(SCC)cc4c3c1C(=O)N(c1c(C(C)C)cccc1C(C)C)C4=O)C(=O)N(c1c(C(C)C)cccc1C(C)C)C2=O. The minimum absolute atomic E-state index is 0.0578. The van der Waals surface area contributed by atoms with Crippen LogP contribution in [0.1, 0.15) is 157 Å². The van der Waals surface area contributed by atoms with Crippen LogP contribution in [-0.2, 0) is 0 Å². The Morgan fingerprint density at radius 3 is 1.06 bits per heavy atom. The van der Waals surface area contributed by atoms with Crippen LogP contribution < -0.4 is 9.80 Å². The predicted octanol–water partition coefficient (Wildman–Crippen LogP) is 11.2. The van der Waals surface area contributed by atoms with Gasteiger partial charge in [0.05, 0.1) is 33.6 Å². The molecule has 0 aromatic heterocycles. The summed E-state index contributed by atoms with van der Waals surface area (Å²) < 4.78 is 0. The van der Waals surface area contributed by atoms with Gasteiger partial charge in [-0.25, -0.2) is 9.80 Å². The van der Waals surface area contributed by atoms with Gasteiger partial charge < -0.3 is 0 Å². The maximum absolute atomic E-state index is 15.0. The van der Waals surface area contributed by atoms with Crippen molar-refractivity contribution < 1.29 is 19.2 Å². The van der Waals surface area contributed by atoms with E-state index in [0.29, 0.717) is 65.7 Å². The number of hydrogen-bond acceptors (Lipinski definition) is 6. The zero-order valence-electron chi connectivity index (χ0n) is 30.7. The van der Waals surface area contributed by atoms with Crippen molar-refractivity contribution in [2.45, 2.75) is 103 Å². The third-order valence-electron chi connectivity index (χ3n) is 9.77. The fraction of sp³-hybridized carbons (Fsp3) is 0.381. The van der Waals surface area contributed by atoms with Gasteiger partial charge in [-0.3, -0.25) is 19.2 Å². The Labute approximate surface area is 304 Å². The highest BCUT2D eigenvalue weighted by atomic mass is 32.2. The van der Waals surface area contributed by atoms with Gasteiger partial charge in [0.25, 0.3) is 23.6 Å². The Hall–Kier alpha value is -3.88. The number of rotatable bonds is 10. The predicted molar refractivity (Wildman–Crippen MR) is 208 cm³/mol. The lowest BCUT2D eigenvalue weighted by atomic mass is 9.83. The van der Waals surface area contributed by atoms with Crippen LogP contribution in [-0.4, -0.2) is 35.1 Å². The van der Waals surface area contributed by atoms with E-state index in [9.17, 15) is 19.2 Å². The van der Waals surface area contributed by atoms with Crippen LogP contribution in [0.25, 0.3) is 10.8 Å². The topological polar surface area (TPSA) is 74.8 Å². The van der Waals surface area contributed by atoms with Gasteiger partial charge in [-0.15, -0.1) is 23.5 Å². The number of benzene rings is 4. The molecule has 0 aliphatic carbocycles. The first-order valence-electron chi connectivity index (χ1n) is 17.7. The number of para-hydroxylation sites is 2. The largest absolute Gasteiger partial charge is 0.268 e. The number of carbonyl (C=O) groups excluding carboxylic acids is 4. The molecule has 6 nitrogen and oxygen atoms in total. The van der Waals surface area contributed by atoms with Gasteiger partial charge in [-0.05, 0) is 69.6 Å². The van der Waals surface area contributed by atoms with E-state index in [0.717, 1.165) is 22.3 Å². The van der Waals surface area contributed by atoms with Crippen LogP contribution >= 0.6 is 23.5 Å². The second-order valence-corrected chi connectivity index (χ2v) is 16.9. The normalized spacial score (nSPS) is 14.5. The van der Waals surface area contributed by atoms with Crippen LogP contribution in [0.2, 0.25) is 0 Å². The van der Waals surface area contributed by atoms with Crippen LogP contribution in [0.15, 0.2) is 58.3 Å². The van der Waals surface area contributed by atoms with E-state index in [1.807, 2.05) is 50.2 Å². The highest BCUT2D eigenvalue weighted by molar-refractivity contribution is 7.99. The molecular weight excluding hydrogens is 661 g/mol. The molecule has 6 rings (SSSR count). The average molecular weight is 707 g/mol. The summed E-state index contributed by atoms with van der Waals surface area (Å²) in [5.41, 5.74) is 6.41. The number of imide groups is 2. The molecule has 2 aliphatic rings. The summed E-state index contributed by atoms with van der Waals surface area (Å²) in [5.74, 6) is -0.171. The van der Waals surface area contributed by atoms with E-state index >= 15 is 0 Å². The fourth-order valence-corrected chi connectivity index (χ4v) is 9.17. The van der Waals surface area contributed by atoms with E-state index < -0.39 is 23.6 Å². The van der Waals surface area contributed by atoms with Gasteiger partial charge >= 0.3 is 0 Å². The number of anilines is 2. The molecule has 0 spiro atoms. The minimum atomic E-state index is -0.429.